The predicted octanol–water partition coefficient (Wildman–Crippen LogP) is 2.27. The van der Waals surface area contributed by atoms with Crippen LogP contribution in [0.2, 0.25) is 0 Å². The lowest BCUT2D eigenvalue weighted by atomic mass is 10.1. The molecule has 0 atom stereocenters. The molecule has 4 aromatic rings. The van der Waals surface area contributed by atoms with Crippen molar-refractivity contribution in [2.75, 3.05) is 18.1 Å². The number of fused-ring (bicyclic) bond motifs is 2. The van der Waals surface area contributed by atoms with Gasteiger partial charge in [-0.05, 0) is 24.6 Å². The standard InChI is InChI=1S/C16H15N7/c1-9-3-4-14-21-16(22-23(14)8-9)12-7-20-15(18-2)11-6-19-13(17)5-10(11)12/h3-8H,1-2H3,(H2,17,19)(H,18,20). The summed E-state index contributed by atoms with van der Waals surface area (Å²) in [4.78, 5) is 13.2. The highest BCUT2D eigenvalue weighted by Crippen LogP contribution is 2.30. The van der Waals surface area contributed by atoms with E-state index in [1.807, 2.05) is 38.4 Å². The van der Waals surface area contributed by atoms with Crippen LogP contribution >= 0.6 is 0 Å². The quantitative estimate of drug-likeness (QED) is 0.590. The van der Waals surface area contributed by atoms with Crippen LogP contribution in [0.3, 0.4) is 0 Å². The van der Waals surface area contributed by atoms with Crippen LogP contribution in [-0.2, 0) is 0 Å². The van der Waals surface area contributed by atoms with Gasteiger partial charge in [0.15, 0.2) is 11.5 Å². The number of hydrogen-bond acceptors (Lipinski definition) is 6. The fourth-order valence-electron chi connectivity index (χ4n) is 2.63. The summed E-state index contributed by atoms with van der Waals surface area (Å²) in [7, 11) is 1.82. The van der Waals surface area contributed by atoms with Crippen LogP contribution in [0.4, 0.5) is 11.6 Å². The highest BCUT2D eigenvalue weighted by atomic mass is 15.3. The van der Waals surface area contributed by atoms with E-state index in [-0.39, 0.29) is 0 Å². The summed E-state index contributed by atoms with van der Waals surface area (Å²) in [5.41, 5.74) is 8.60. The zero-order chi connectivity index (χ0) is 16.0. The molecule has 0 spiro atoms. The predicted molar refractivity (Wildman–Crippen MR) is 90.2 cm³/mol. The third-order valence-corrected chi connectivity index (χ3v) is 3.75. The van der Waals surface area contributed by atoms with E-state index in [4.69, 9.17) is 5.73 Å². The van der Waals surface area contributed by atoms with E-state index >= 15 is 0 Å². The molecular formula is C16H15N7. The van der Waals surface area contributed by atoms with Gasteiger partial charge in [0.1, 0.15) is 11.6 Å². The molecule has 0 amide bonds. The van der Waals surface area contributed by atoms with Gasteiger partial charge in [0.05, 0.1) is 0 Å². The molecule has 4 aromatic heterocycles. The molecule has 23 heavy (non-hydrogen) atoms. The normalized spacial score (nSPS) is 11.2. The summed E-state index contributed by atoms with van der Waals surface area (Å²) in [5, 5.41) is 9.43. The van der Waals surface area contributed by atoms with Crippen molar-refractivity contribution in [3.63, 3.8) is 0 Å². The van der Waals surface area contributed by atoms with Crippen molar-refractivity contribution in [1.82, 2.24) is 24.6 Å². The maximum Gasteiger partial charge on any atom is 0.184 e. The van der Waals surface area contributed by atoms with Crippen LogP contribution in [0.5, 0.6) is 0 Å². The zero-order valence-electron chi connectivity index (χ0n) is 12.8. The number of nitrogens with two attached hydrogens (primary N) is 1. The number of nitrogens with zero attached hydrogens (tertiary/aromatic N) is 5. The van der Waals surface area contributed by atoms with Gasteiger partial charge < -0.3 is 11.1 Å². The van der Waals surface area contributed by atoms with Crippen molar-refractivity contribution < 1.29 is 0 Å². The first kappa shape index (κ1) is 13.4. The van der Waals surface area contributed by atoms with E-state index in [1.165, 1.54) is 0 Å². The molecule has 0 fully saturated rings. The monoisotopic (exact) mass is 305 g/mol. The van der Waals surface area contributed by atoms with E-state index in [0.717, 1.165) is 33.4 Å². The van der Waals surface area contributed by atoms with E-state index in [0.29, 0.717) is 11.6 Å². The minimum Gasteiger partial charge on any atom is -0.384 e. The second-order valence-electron chi connectivity index (χ2n) is 5.37. The lowest BCUT2D eigenvalue weighted by Gasteiger charge is -2.08. The van der Waals surface area contributed by atoms with Crippen molar-refractivity contribution in [3.05, 3.63) is 42.4 Å². The third kappa shape index (κ3) is 2.13. The van der Waals surface area contributed by atoms with Gasteiger partial charge in [0, 0.05) is 42.0 Å². The molecule has 0 bridgehead atoms. The Bertz CT molecular complexity index is 1040. The third-order valence-electron chi connectivity index (χ3n) is 3.75. The first-order valence-electron chi connectivity index (χ1n) is 7.21. The zero-order valence-corrected chi connectivity index (χ0v) is 12.8. The smallest absolute Gasteiger partial charge is 0.184 e. The van der Waals surface area contributed by atoms with E-state index in [2.05, 4.69) is 25.4 Å². The molecule has 0 aliphatic heterocycles. The van der Waals surface area contributed by atoms with Gasteiger partial charge in [-0.25, -0.2) is 19.5 Å². The minimum atomic E-state index is 0.451. The molecular weight excluding hydrogens is 290 g/mol. The van der Waals surface area contributed by atoms with Crippen molar-refractivity contribution >= 4 is 28.1 Å². The van der Waals surface area contributed by atoms with Crippen molar-refractivity contribution in [3.8, 4) is 11.4 Å². The molecule has 0 saturated carbocycles. The summed E-state index contributed by atoms with van der Waals surface area (Å²) in [6.07, 6.45) is 5.42. The van der Waals surface area contributed by atoms with E-state index in [1.54, 1.807) is 16.9 Å². The molecule has 4 rings (SSSR count). The van der Waals surface area contributed by atoms with E-state index < -0.39 is 0 Å². The van der Waals surface area contributed by atoms with Gasteiger partial charge in [-0.2, -0.15) is 0 Å². The second-order valence-corrected chi connectivity index (χ2v) is 5.37. The molecule has 3 N–H and O–H groups in total. The second kappa shape index (κ2) is 4.91. The van der Waals surface area contributed by atoms with Gasteiger partial charge in [0.25, 0.3) is 0 Å². The van der Waals surface area contributed by atoms with Gasteiger partial charge in [0.2, 0.25) is 0 Å². The maximum atomic E-state index is 5.86. The van der Waals surface area contributed by atoms with Crippen LogP contribution in [0.15, 0.2) is 36.8 Å². The highest BCUT2D eigenvalue weighted by molar-refractivity contribution is 6.01. The number of anilines is 2. The Morgan fingerprint density at radius 1 is 1.13 bits per heavy atom. The lowest BCUT2D eigenvalue weighted by Crippen LogP contribution is -1.98. The van der Waals surface area contributed by atoms with Crippen molar-refractivity contribution in [2.24, 2.45) is 0 Å². The SMILES string of the molecule is CNc1ncc(-c2nc3ccc(C)cn3n2)c2cc(N)ncc12. The highest BCUT2D eigenvalue weighted by Gasteiger charge is 2.14. The summed E-state index contributed by atoms with van der Waals surface area (Å²) in [5.74, 6) is 1.81. The molecule has 0 radical (unpaired) electrons. The van der Waals surface area contributed by atoms with Gasteiger partial charge in [-0.1, -0.05) is 6.07 Å². The Kier molecular flexibility index (Phi) is 2.87. The first-order valence-corrected chi connectivity index (χ1v) is 7.21. The number of aromatic nitrogens is 5. The summed E-state index contributed by atoms with van der Waals surface area (Å²) in [6.45, 7) is 2.02. The molecule has 0 aliphatic carbocycles. The molecule has 0 aromatic carbocycles. The van der Waals surface area contributed by atoms with Crippen molar-refractivity contribution in [2.45, 2.75) is 6.92 Å². The Balaban J connectivity index is 2.01. The summed E-state index contributed by atoms with van der Waals surface area (Å²) < 4.78 is 1.77. The van der Waals surface area contributed by atoms with Crippen LogP contribution in [0, 0.1) is 6.92 Å². The number of nitrogens with one attached hydrogen (secondary N) is 1. The molecule has 114 valence electrons. The Hall–Kier alpha value is -3.22. The molecule has 7 nitrogen and oxygen atoms in total. The summed E-state index contributed by atoms with van der Waals surface area (Å²) in [6, 6.07) is 5.78. The minimum absolute atomic E-state index is 0.451. The number of rotatable bonds is 2. The maximum absolute atomic E-state index is 5.86. The number of aryl methyl sites for hydroxylation is 1. The molecule has 4 heterocycles. The topological polar surface area (TPSA) is 94.0 Å². The number of nitrogen functional groups attached to an aromatic ring is 1. The summed E-state index contributed by atoms with van der Waals surface area (Å²) >= 11 is 0. The lowest BCUT2D eigenvalue weighted by molar-refractivity contribution is 0.956. The van der Waals surface area contributed by atoms with Crippen LogP contribution < -0.4 is 11.1 Å². The average molecular weight is 305 g/mol. The van der Waals surface area contributed by atoms with Crippen LogP contribution in [0.1, 0.15) is 5.56 Å². The first-order chi connectivity index (χ1) is 11.2. The van der Waals surface area contributed by atoms with Gasteiger partial charge in [-0.15, -0.1) is 5.10 Å². The van der Waals surface area contributed by atoms with Crippen LogP contribution in [-0.4, -0.2) is 31.6 Å². The molecule has 0 saturated heterocycles. The van der Waals surface area contributed by atoms with Crippen molar-refractivity contribution in [1.29, 1.82) is 0 Å². The molecule has 7 heteroatoms. The van der Waals surface area contributed by atoms with E-state index in [9.17, 15) is 0 Å². The molecule has 0 aliphatic rings. The Labute approximate surface area is 132 Å². The fourth-order valence-corrected chi connectivity index (χ4v) is 2.63. The fraction of sp³-hybridized carbons (Fsp3) is 0.125. The van der Waals surface area contributed by atoms with Gasteiger partial charge >= 0.3 is 0 Å². The molecule has 0 unspecified atom stereocenters. The number of hydrogen-bond donors (Lipinski definition) is 2. The average Bonchev–Trinajstić information content (AvgIpc) is 2.96. The Morgan fingerprint density at radius 3 is 2.83 bits per heavy atom. The van der Waals surface area contributed by atoms with Crippen LogP contribution in [0.25, 0.3) is 27.8 Å². The van der Waals surface area contributed by atoms with Gasteiger partial charge in [-0.3, -0.25) is 0 Å². The number of pyridine rings is 3. The Morgan fingerprint density at radius 2 is 2.00 bits per heavy atom. The largest absolute Gasteiger partial charge is 0.384 e.